The fourth-order valence-corrected chi connectivity index (χ4v) is 3.93. The van der Waals surface area contributed by atoms with Gasteiger partial charge in [-0.3, -0.25) is 9.59 Å². The number of hydrogen-bond acceptors (Lipinski definition) is 8. The highest BCUT2D eigenvalue weighted by Gasteiger charge is 2.38. The summed E-state index contributed by atoms with van der Waals surface area (Å²) in [5, 5.41) is 6.04. The van der Waals surface area contributed by atoms with E-state index in [4.69, 9.17) is 4.74 Å². The zero-order chi connectivity index (χ0) is 22.9. The first-order chi connectivity index (χ1) is 15.2. The summed E-state index contributed by atoms with van der Waals surface area (Å²) in [6.07, 6.45) is -1.60. The zero-order valence-corrected chi connectivity index (χ0v) is 17.4. The molecule has 4 heterocycles. The van der Waals surface area contributed by atoms with Gasteiger partial charge in [-0.05, 0) is 12.1 Å². The molecule has 0 spiro atoms. The number of carbonyl (C=O) groups excluding carboxylic acids is 2. The normalized spacial score (nSPS) is 16.9. The fourth-order valence-electron chi connectivity index (χ4n) is 3.08. The summed E-state index contributed by atoms with van der Waals surface area (Å²) in [6.45, 7) is 1.11. The summed E-state index contributed by atoms with van der Waals surface area (Å²) >= 11 is 0.922. The molecule has 1 unspecified atom stereocenters. The highest BCUT2D eigenvalue weighted by atomic mass is 32.1. The number of aromatic nitrogens is 4. The van der Waals surface area contributed by atoms with Crippen molar-refractivity contribution in [3.63, 3.8) is 0 Å². The average Bonchev–Trinajstić information content (AvgIpc) is 3.51. The van der Waals surface area contributed by atoms with Crippen LogP contribution in [0.5, 0.6) is 0 Å². The van der Waals surface area contributed by atoms with E-state index in [0.717, 1.165) is 11.3 Å². The second kappa shape index (κ2) is 8.70. The molecule has 1 atom stereocenters. The van der Waals surface area contributed by atoms with Gasteiger partial charge in [-0.1, -0.05) is 5.16 Å². The van der Waals surface area contributed by atoms with Crippen LogP contribution >= 0.6 is 11.3 Å². The molecule has 32 heavy (non-hydrogen) atoms. The van der Waals surface area contributed by atoms with Crippen LogP contribution in [0.2, 0.25) is 0 Å². The number of rotatable bonds is 5. The smallest absolute Gasteiger partial charge is 0.377 e. The standard InChI is InChI=1S/C18H17F3N6O4S/c1-26-7-11(23-9-26)16(29)27-4-5-30-8-10(27)6-22-15(28)13-3-2-12(32-13)14-24-17(31-25-14)18(19,20)21/h2-3,7,9-10H,4-6,8H2,1H3,(H,22,28). The van der Waals surface area contributed by atoms with Gasteiger partial charge in [0, 0.05) is 26.3 Å². The van der Waals surface area contributed by atoms with Gasteiger partial charge in [0.05, 0.1) is 35.3 Å². The first kappa shape index (κ1) is 22.0. The molecule has 0 radical (unpaired) electrons. The monoisotopic (exact) mass is 470 g/mol. The van der Waals surface area contributed by atoms with Crippen LogP contribution in [0.15, 0.2) is 29.2 Å². The molecular formula is C18H17F3N6O4S. The number of imidazole rings is 1. The number of nitrogens with one attached hydrogen (secondary N) is 1. The quantitative estimate of drug-likeness (QED) is 0.605. The van der Waals surface area contributed by atoms with Crippen LogP contribution in [0.25, 0.3) is 10.7 Å². The minimum absolute atomic E-state index is 0.130. The lowest BCUT2D eigenvalue weighted by Gasteiger charge is -2.35. The van der Waals surface area contributed by atoms with Crippen molar-refractivity contribution in [2.75, 3.05) is 26.3 Å². The molecule has 170 valence electrons. The number of aryl methyl sites for hydroxylation is 1. The summed E-state index contributed by atoms with van der Waals surface area (Å²) in [7, 11) is 1.76. The molecule has 1 saturated heterocycles. The van der Waals surface area contributed by atoms with E-state index < -0.39 is 24.0 Å². The van der Waals surface area contributed by atoms with E-state index in [0.29, 0.717) is 18.8 Å². The Balaban J connectivity index is 1.39. The third kappa shape index (κ3) is 4.65. The third-order valence-electron chi connectivity index (χ3n) is 4.63. The van der Waals surface area contributed by atoms with E-state index in [1.807, 2.05) is 0 Å². The maximum Gasteiger partial charge on any atom is 0.471 e. The van der Waals surface area contributed by atoms with Gasteiger partial charge >= 0.3 is 12.1 Å². The molecule has 1 N–H and O–H groups in total. The molecule has 0 aliphatic carbocycles. The Bertz CT molecular complexity index is 1120. The Kier molecular flexibility index (Phi) is 5.97. The second-order valence-corrected chi connectivity index (χ2v) is 8.03. The first-order valence-electron chi connectivity index (χ1n) is 9.38. The highest BCUT2D eigenvalue weighted by Crippen LogP contribution is 2.31. The number of morpholine rings is 1. The number of amides is 2. The van der Waals surface area contributed by atoms with E-state index in [1.165, 1.54) is 18.5 Å². The molecule has 0 aromatic carbocycles. The molecule has 4 rings (SSSR count). The van der Waals surface area contributed by atoms with Crippen LogP contribution in [0.1, 0.15) is 26.1 Å². The molecular weight excluding hydrogens is 453 g/mol. The van der Waals surface area contributed by atoms with Crippen LogP contribution in [-0.4, -0.2) is 68.8 Å². The molecule has 3 aromatic rings. The molecule has 10 nitrogen and oxygen atoms in total. The van der Waals surface area contributed by atoms with Gasteiger partial charge in [-0.15, -0.1) is 11.3 Å². The lowest BCUT2D eigenvalue weighted by Crippen LogP contribution is -2.53. The van der Waals surface area contributed by atoms with Gasteiger partial charge in [0.25, 0.3) is 11.8 Å². The predicted octanol–water partition coefficient (Wildman–Crippen LogP) is 1.82. The summed E-state index contributed by atoms with van der Waals surface area (Å²) in [5.74, 6) is -2.42. The van der Waals surface area contributed by atoms with Crippen LogP contribution < -0.4 is 5.32 Å². The summed E-state index contributed by atoms with van der Waals surface area (Å²) in [4.78, 5) is 34.8. The maximum atomic E-state index is 12.8. The van der Waals surface area contributed by atoms with E-state index in [1.54, 1.807) is 22.7 Å². The van der Waals surface area contributed by atoms with Crippen molar-refractivity contribution >= 4 is 23.2 Å². The fraction of sp³-hybridized carbons (Fsp3) is 0.389. The average molecular weight is 470 g/mol. The predicted molar refractivity (Wildman–Crippen MR) is 104 cm³/mol. The topological polar surface area (TPSA) is 115 Å². The van der Waals surface area contributed by atoms with Gasteiger partial charge in [-0.2, -0.15) is 18.2 Å². The maximum absolute atomic E-state index is 12.8. The Morgan fingerprint density at radius 1 is 1.34 bits per heavy atom. The second-order valence-electron chi connectivity index (χ2n) is 6.95. The Morgan fingerprint density at radius 2 is 2.16 bits per heavy atom. The van der Waals surface area contributed by atoms with Crippen LogP contribution in [-0.2, 0) is 18.0 Å². The summed E-state index contributed by atoms with van der Waals surface area (Å²) in [5.41, 5.74) is 0.298. The number of ether oxygens (including phenoxy) is 1. The molecule has 0 saturated carbocycles. The molecule has 1 aliphatic rings. The molecule has 2 amide bonds. The number of hydrogen-bond donors (Lipinski definition) is 1. The van der Waals surface area contributed by atoms with Crippen molar-refractivity contribution in [1.29, 1.82) is 0 Å². The van der Waals surface area contributed by atoms with Gasteiger partial charge in [0.15, 0.2) is 0 Å². The lowest BCUT2D eigenvalue weighted by atomic mass is 10.2. The van der Waals surface area contributed by atoms with E-state index in [9.17, 15) is 22.8 Å². The third-order valence-corrected chi connectivity index (χ3v) is 5.71. The van der Waals surface area contributed by atoms with Crippen LogP contribution in [0, 0.1) is 0 Å². The Hall–Kier alpha value is -3.26. The SMILES string of the molecule is Cn1cnc(C(=O)N2CCOCC2CNC(=O)c2ccc(-c3noc(C(F)(F)F)n3)s2)c1. The zero-order valence-electron chi connectivity index (χ0n) is 16.6. The van der Waals surface area contributed by atoms with Gasteiger partial charge in [0.2, 0.25) is 5.82 Å². The van der Waals surface area contributed by atoms with Crippen molar-refractivity contribution in [2.24, 2.45) is 7.05 Å². The Labute approximate surface area is 183 Å². The van der Waals surface area contributed by atoms with Crippen molar-refractivity contribution < 1.29 is 32.0 Å². The molecule has 3 aromatic heterocycles. The summed E-state index contributed by atoms with van der Waals surface area (Å²) in [6, 6.07) is 2.49. The number of halogens is 3. The first-order valence-corrected chi connectivity index (χ1v) is 10.2. The van der Waals surface area contributed by atoms with E-state index >= 15 is 0 Å². The minimum atomic E-state index is -4.75. The van der Waals surface area contributed by atoms with Crippen molar-refractivity contribution in [3.05, 3.63) is 41.1 Å². The van der Waals surface area contributed by atoms with Crippen molar-refractivity contribution in [1.82, 2.24) is 29.9 Å². The Morgan fingerprint density at radius 3 is 2.84 bits per heavy atom. The van der Waals surface area contributed by atoms with Crippen molar-refractivity contribution in [3.8, 4) is 10.7 Å². The number of nitrogens with zero attached hydrogens (tertiary/aromatic N) is 5. The molecule has 1 fully saturated rings. The van der Waals surface area contributed by atoms with Gasteiger partial charge in [-0.25, -0.2) is 4.98 Å². The minimum Gasteiger partial charge on any atom is -0.377 e. The van der Waals surface area contributed by atoms with Crippen LogP contribution in [0.4, 0.5) is 13.2 Å². The summed E-state index contributed by atoms with van der Waals surface area (Å²) < 4.78 is 49.2. The van der Waals surface area contributed by atoms with Crippen LogP contribution in [0.3, 0.4) is 0 Å². The van der Waals surface area contributed by atoms with Gasteiger partial charge < -0.3 is 24.0 Å². The number of alkyl halides is 3. The van der Waals surface area contributed by atoms with E-state index in [2.05, 4.69) is 25.0 Å². The molecule has 14 heteroatoms. The largest absolute Gasteiger partial charge is 0.471 e. The van der Waals surface area contributed by atoms with Crippen molar-refractivity contribution in [2.45, 2.75) is 12.2 Å². The lowest BCUT2D eigenvalue weighted by molar-refractivity contribution is -0.159. The molecule has 1 aliphatic heterocycles. The number of thiophene rings is 1. The van der Waals surface area contributed by atoms with Gasteiger partial charge in [0.1, 0.15) is 5.69 Å². The number of carbonyl (C=O) groups is 2. The molecule has 0 bridgehead atoms. The van der Waals surface area contributed by atoms with E-state index in [-0.39, 0.29) is 34.6 Å². The highest BCUT2D eigenvalue weighted by molar-refractivity contribution is 7.17.